The van der Waals surface area contributed by atoms with Gasteiger partial charge in [-0.05, 0) is 36.6 Å². The van der Waals surface area contributed by atoms with Crippen LogP contribution in [0.4, 0.5) is 0 Å². The van der Waals surface area contributed by atoms with E-state index in [2.05, 4.69) is 40.3 Å². The van der Waals surface area contributed by atoms with Crippen LogP contribution in [-0.4, -0.2) is 10.6 Å². The number of rotatable bonds is 5. The van der Waals surface area contributed by atoms with Crippen LogP contribution in [-0.2, 0) is 13.1 Å². The van der Waals surface area contributed by atoms with Crippen molar-refractivity contribution in [3.8, 4) is 0 Å². The maximum Gasteiger partial charge on any atom is 0.0505 e. The monoisotopic (exact) mass is 372 g/mol. The molecule has 1 heterocycles. The number of hydrogen-bond donors (Lipinski definition) is 1. The topological polar surface area (TPSA) is 17.0 Å². The standard InChI is InChI=1S/C21H22Cl2N2/c22-19-9-5-10-20(23)18(19)14-25-13-15(12-24-16-6-1-2-7-16)17-8-3-4-11-21(17)25/h3-5,8-11,13,16,24H,1-2,6-7,12,14H2. The van der Waals surface area contributed by atoms with Crippen LogP contribution in [0.5, 0.6) is 0 Å². The van der Waals surface area contributed by atoms with Crippen LogP contribution in [0.15, 0.2) is 48.7 Å². The highest BCUT2D eigenvalue weighted by Crippen LogP contribution is 2.29. The number of nitrogens with one attached hydrogen (secondary N) is 1. The molecule has 4 heteroatoms. The molecule has 3 aromatic rings. The van der Waals surface area contributed by atoms with Crippen molar-refractivity contribution >= 4 is 34.1 Å². The van der Waals surface area contributed by atoms with Crippen molar-refractivity contribution in [2.75, 3.05) is 0 Å². The molecule has 0 amide bonds. The molecule has 2 nitrogen and oxygen atoms in total. The van der Waals surface area contributed by atoms with Crippen molar-refractivity contribution in [3.63, 3.8) is 0 Å². The molecule has 1 aliphatic carbocycles. The van der Waals surface area contributed by atoms with E-state index in [0.717, 1.165) is 22.2 Å². The summed E-state index contributed by atoms with van der Waals surface area (Å²) in [5.41, 5.74) is 3.54. The second-order valence-corrected chi connectivity index (χ2v) is 7.68. The lowest BCUT2D eigenvalue weighted by molar-refractivity contribution is 0.525. The molecule has 1 aliphatic rings. The molecule has 0 spiro atoms. The van der Waals surface area contributed by atoms with Crippen LogP contribution in [0.1, 0.15) is 36.8 Å². The highest BCUT2D eigenvalue weighted by Gasteiger charge is 2.16. The van der Waals surface area contributed by atoms with Gasteiger partial charge in [-0.3, -0.25) is 0 Å². The molecule has 0 radical (unpaired) electrons. The first-order chi connectivity index (χ1) is 12.2. The van der Waals surface area contributed by atoms with Gasteiger partial charge in [0.1, 0.15) is 0 Å². The van der Waals surface area contributed by atoms with Gasteiger partial charge >= 0.3 is 0 Å². The largest absolute Gasteiger partial charge is 0.343 e. The van der Waals surface area contributed by atoms with E-state index in [1.165, 1.54) is 42.1 Å². The third-order valence-electron chi connectivity index (χ3n) is 5.20. The molecule has 0 bridgehead atoms. The summed E-state index contributed by atoms with van der Waals surface area (Å²) in [5.74, 6) is 0. The fraction of sp³-hybridized carbons (Fsp3) is 0.333. The lowest BCUT2D eigenvalue weighted by Crippen LogP contribution is -2.25. The Morgan fingerprint density at radius 1 is 0.960 bits per heavy atom. The molecule has 25 heavy (non-hydrogen) atoms. The minimum absolute atomic E-state index is 0.667. The number of nitrogens with zero attached hydrogens (tertiary/aromatic N) is 1. The Morgan fingerprint density at radius 3 is 2.44 bits per heavy atom. The van der Waals surface area contributed by atoms with Gasteiger partial charge in [-0.15, -0.1) is 0 Å². The molecule has 0 aliphatic heterocycles. The Balaban J connectivity index is 1.64. The van der Waals surface area contributed by atoms with E-state index in [4.69, 9.17) is 23.2 Å². The minimum Gasteiger partial charge on any atom is -0.343 e. The van der Waals surface area contributed by atoms with E-state index in [0.29, 0.717) is 12.6 Å². The Kier molecular flexibility index (Phi) is 5.03. The van der Waals surface area contributed by atoms with Crippen molar-refractivity contribution in [2.24, 2.45) is 0 Å². The van der Waals surface area contributed by atoms with Gasteiger partial charge in [0.15, 0.2) is 0 Å². The number of benzene rings is 2. The van der Waals surface area contributed by atoms with Crippen LogP contribution in [0.2, 0.25) is 10.0 Å². The number of aromatic nitrogens is 1. The summed E-state index contributed by atoms with van der Waals surface area (Å²) in [6, 6.07) is 14.9. The van der Waals surface area contributed by atoms with Gasteiger partial charge in [-0.1, -0.05) is 60.3 Å². The average molecular weight is 373 g/mol. The Bertz CT molecular complexity index is 858. The predicted molar refractivity (Wildman–Crippen MR) is 107 cm³/mol. The number of halogens is 2. The average Bonchev–Trinajstić information content (AvgIpc) is 3.25. The second-order valence-electron chi connectivity index (χ2n) is 6.86. The lowest BCUT2D eigenvalue weighted by Gasteiger charge is -2.11. The molecule has 0 unspecified atom stereocenters. The fourth-order valence-corrected chi connectivity index (χ4v) is 4.35. The van der Waals surface area contributed by atoms with Crippen LogP contribution in [0, 0.1) is 0 Å². The normalized spacial score (nSPS) is 15.3. The summed E-state index contributed by atoms with van der Waals surface area (Å²) >= 11 is 12.7. The Hall–Kier alpha value is -1.48. The minimum atomic E-state index is 0.667. The maximum atomic E-state index is 6.37. The zero-order valence-corrected chi connectivity index (χ0v) is 15.7. The molecule has 130 valence electrons. The molecule has 0 saturated heterocycles. The zero-order chi connectivity index (χ0) is 17.2. The first kappa shape index (κ1) is 17.0. The van der Waals surface area contributed by atoms with Crippen molar-refractivity contribution in [3.05, 3.63) is 69.8 Å². The van der Waals surface area contributed by atoms with E-state index in [1.807, 2.05) is 18.2 Å². The van der Waals surface area contributed by atoms with Gasteiger partial charge in [0.2, 0.25) is 0 Å². The SMILES string of the molecule is Clc1cccc(Cl)c1Cn1cc(CNC2CCCC2)c2ccccc21. The van der Waals surface area contributed by atoms with Gasteiger partial charge in [0.25, 0.3) is 0 Å². The highest BCUT2D eigenvalue weighted by molar-refractivity contribution is 6.36. The predicted octanol–water partition coefficient (Wildman–Crippen LogP) is 6.03. The van der Waals surface area contributed by atoms with Crippen LogP contribution in [0.25, 0.3) is 10.9 Å². The molecular weight excluding hydrogens is 351 g/mol. The smallest absolute Gasteiger partial charge is 0.0505 e. The summed E-state index contributed by atoms with van der Waals surface area (Å²) in [6.45, 7) is 1.59. The van der Waals surface area contributed by atoms with E-state index in [1.54, 1.807) is 0 Å². The van der Waals surface area contributed by atoms with Crippen molar-refractivity contribution in [1.82, 2.24) is 9.88 Å². The molecule has 1 N–H and O–H groups in total. The fourth-order valence-electron chi connectivity index (χ4n) is 3.83. The van der Waals surface area contributed by atoms with E-state index >= 15 is 0 Å². The third-order valence-corrected chi connectivity index (χ3v) is 5.91. The third kappa shape index (κ3) is 3.57. The summed E-state index contributed by atoms with van der Waals surface area (Å²) in [6.07, 6.45) is 7.54. The van der Waals surface area contributed by atoms with Crippen LogP contribution in [0.3, 0.4) is 0 Å². The Morgan fingerprint density at radius 2 is 1.68 bits per heavy atom. The summed E-state index contributed by atoms with van der Waals surface area (Å²) in [5, 5.41) is 6.46. The Labute approximate surface area is 158 Å². The van der Waals surface area contributed by atoms with E-state index in [9.17, 15) is 0 Å². The molecule has 1 aromatic heterocycles. The first-order valence-corrected chi connectivity index (χ1v) is 9.71. The number of fused-ring (bicyclic) bond motifs is 1. The number of para-hydroxylation sites is 1. The quantitative estimate of drug-likeness (QED) is 0.578. The van der Waals surface area contributed by atoms with Gasteiger partial charge in [0.05, 0.1) is 6.54 Å². The van der Waals surface area contributed by atoms with Gasteiger partial charge in [-0.2, -0.15) is 0 Å². The van der Waals surface area contributed by atoms with Crippen LogP contribution < -0.4 is 5.32 Å². The second kappa shape index (κ2) is 7.41. The molecule has 4 rings (SSSR count). The number of hydrogen-bond acceptors (Lipinski definition) is 1. The zero-order valence-electron chi connectivity index (χ0n) is 14.1. The van der Waals surface area contributed by atoms with E-state index in [-0.39, 0.29) is 0 Å². The van der Waals surface area contributed by atoms with Crippen molar-refractivity contribution < 1.29 is 0 Å². The summed E-state index contributed by atoms with van der Waals surface area (Å²) < 4.78 is 2.26. The van der Waals surface area contributed by atoms with Crippen molar-refractivity contribution in [1.29, 1.82) is 0 Å². The van der Waals surface area contributed by atoms with Crippen molar-refractivity contribution in [2.45, 2.75) is 44.8 Å². The van der Waals surface area contributed by atoms with Gasteiger partial charge < -0.3 is 9.88 Å². The molecule has 1 saturated carbocycles. The summed E-state index contributed by atoms with van der Waals surface area (Å²) in [4.78, 5) is 0. The van der Waals surface area contributed by atoms with Gasteiger partial charge in [-0.25, -0.2) is 0 Å². The summed E-state index contributed by atoms with van der Waals surface area (Å²) in [7, 11) is 0. The molecule has 2 aromatic carbocycles. The first-order valence-electron chi connectivity index (χ1n) is 8.95. The van der Waals surface area contributed by atoms with Crippen LogP contribution >= 0.6 is 23.2 Å². The molecule has 1 fully saturated rings. The highest BCUT2D eigenvalue weighted by atomic mass is 35.5. The molecule has 0 atom stereocenters. The van der Waals surface area contributed by atoms with E-state index < -0.39 is 0 Å². The lowest BCUT2D eigenvalue weighted by atomic mass is 10.1. The maximum absolute atomic E-state index is 6.37. The van der Waals surface area contributed by atoms with Gasteiger partial charge in [0, 0.05) is 45.3 Å². The molecular formula is C21H22Cl2N2.